The van der Waals surface area contributed by atoms with Crippen LogP contribution in [-0.2, 0) is 6.54 Å². The molecule has 4 nitrogen and oxygen atoms in total. The molecule has 0 bridgehead atoms. The molecule has 0 spiro atoms. The van der Waals surface area contributed by atoms with Crippen molar-refractivity contribution in [2.45, 2.75) is 20.4 Å². The van der Waals surface area contributed by atoms with Crippen LogP contribution < -0.4 is 10.6 Å². The summed E-state index contributed by atoms with van der Waals surface area (Å²) in [5.74, 6) is 0. The van der Waals surface area contributed by atoms with E-state index in [9.17, 15) is 4.79 Å². The predicted molar refractivity (Wildman–Crippen MR) is 97.7 cm³/mol. The Morgan fingerprint density at radius 1 is 1.17 bits per heavy atom. The normalized spacial score (nSPS) is 10.9. The molecular weight excluding hydrogens is 354 g/mol. The van der Waals surface area contributed by atoms with Crippen LogP contribution in [-0.4, -0.2) is 11.0 Å². The Morgan fingerprint density at radius 2 is 1.87 bits per heavy atom. The molecule has 2 amide bonds. The van der Waals surface area contributed by atoms with Crippen LogP contribution in [0.3, 0.4) is 0 Å². The van der Waals surface area contributed by atoms with Crippen molar-refractivity contribution in [2.24, 2.45) is 5.73 Å². The molecule has 0 saturated heterocycles. The number of nitrogens with two attached hydrogens (primary N) is 1. The lowest BCUT2D eigenvalue weighted by Gasteiger charge is -2.22. The van der Waals surface area contributed by atoms with Crippen LogP contribution in [0.25, 0.3) is 10.9 Å². The van der Waals surface area contributed by atoms with Gasteiger partial charge in [0, 0.05) is 21.1 Å². The van der Waals surface area contributed by atoms with Gasteiger partial charge in [-0.05, 0) is 49.2 Å². The van der Waals surface area contributed by atoms with Crippen LogP contribution in [0.1, 0.15) is 16.8 Å². The SMILES string of the molecule is Cc1[nH]c2cccc(N(Cc3ccc(Br)cc3)C(N)=O)c2c1C. The molecule has 23 heavy (non-hydrogen) atoms. The number of carbonyl (C=O) groups excluding carboxylic acids is 1. The number of hydrogen-bond donors (Lipinski definition) is 2. The summed E-state index contributed by atoms with van der Waals surface area (Å²) in [6.45, 7) is 4.52. The van der Waals surface area contributed by atoms with E-state index in [-0.39, 0.29) is 0 Å². The van der Waals surface area contributed by atoms with E-state index in [1.54, 1.807) is 4.90 Å². The van der Waals surface area contributed by atoms with Crippen LogP contribution >= 0.6 is 15.9 Å². The number of nitrogens with zero attached hydrogens (tertiary/aromatic N) is 1. The van der Waals surface area contributed by atoms with E-state index in [0.717, 1.165) is 37.9 Å². The molecule has 1 heterocycles. The summed E-state index contributed by atoms with van der Waals surface area (Å²) in [5.41, 5.74) is 10.8. The number of carbonyl (C=O) groups is 1. The number of hydrogen-bond acceptors (Lipinski definition) is 1. The molecule has 0 atom stereocenters. The van der Waals surface area contributed by atoms with E-state index < -0.39 is 6.03 Å². The first kappa shape index (κ1) is 15.6. The number of aryl methyl sites for hydroxylation is 2. The number of halogens is 1. The van der Waals surface area contributed by atoms with Crippen molar-refractivity contribution < 1.29 is 4.79 Å². The van der Waals surface area contributed by atoms with Gasteiger partial charge in [0.15, 0.2) is 0 Å². The lowest BCUT2D eigenvalue weighted by Crippen LogP contribution is -2.35. The highest BCUT2D eigenvalue weighted by atomic mass is 79.9. The maximum atomic E-state index is 12.1. The number of fused-ring (bicyclic) bond motifs is 1. The van der Waals surface area contributed by atoms with Gasteiger partial charge in [0.1, 0.15) is 0 Å². The standard InChI is InChI=1S/C18H18BrN3O/c1-11-12(2)21-15-4-3-5-16(17(11)15)22(18(20)23)10-13-6-8-14(19)9-7-13/h3-9,21H,10H2,1-2H3,(H2,20,23). The summed E-state index contributed by atoms with van der Waals surface area (Å²) in [6.07, 6.45) is 0. The van der Waals surface area contributed by atoms with E-state index >= 15 is 0 Å². The van der Waals surface area contributed by atoms with Gasteiger partial charge in [0.2, 0.25) is 0 Å². The summed E-state index contributed by atoms with van der Waals surface area (Å²) in [5, 5.41) is 1.04. The minimum atomic E-state index is -0.460. The number of anilines is 1. The first-order chi connectivity index (χ1) is 11.0. The zero-order chi connectivity index (χ0) is 16.6. The number of aromatic nitrogens is 1. The highest BCUT2D eigenvalue weighted by Gasteiger charge is 2.18. The van der Waals surface area contributed by atoms with Crippen molar-refractivity contribution in [2.75, 3.05) is 4.90 Å². The molecule has 0 fully saturated rings. The number of primary amides is 1. The number of urea groups is 1. The number of benzene rings is 2. The maximum absolute atomic E-state index is 12.1. The topological polar surface area (TPSA) is 62.1 Å². The summed E-state index contributed by atoms with van der Waals surface area (Å²) in [6, 6.07) is 13.3. The molecule has 0 aliphatic heterocycles. The molecule has 0 radical (unpaired) electrons. The Labute approximate surface area is 143 Å². The Morgan fingerprint density at radius 3 is 2.52 bits per heavy atom. The lowest BCUT2D eigenvalue weighted by atomic mass is 10.1. The van der Waals surface area contributed by atoms with Gasteiger partial charge in [0.25, 0.3) is 0 Å². The van der Waals surface area contributed by atoms with E-state index in [0.29, 0.717) is 6.54 Å². The molecule has 3 aromatic rings. The number of amides is 2. The van der Waals surface area contributed by atoms with Crippen LogP contribution in [0, 0.1) is 13.8 Å². The van der Waals surface area contributed by atoms with Gasteiger partial charge in [-0.15, -0.1) is 0 Å². The van der Waals surface area contributed by atoms with E-state index in [1.807, 2.05) is 49.4 Å². The second kappa shape index (κ2) is 6.08. The average Bonchev–Trinajstić information content (AvgIpc) is 2.81. The highest BCUT2D eigenvalue weighted by molar-refractivity contribution is 9.10. The molecule has 1 aromatic heterocycles. The molecule has 118 valence electrons. The fourth-order valence-corrected chi connectivity index (χ4v) is 3.07. The summed E-state index contributed by atoms with van der Waals surface area (Å²) >= 11 is 3.42. The van der Waals surface area contributed by atoms with Crippen molar-refractivity contribution in [3.05, 3.63) is 63.8 Å². The highest BCUT2D eigenvalue weighted by Crippen LogP contribution is 2.32. The summed E-state index contributed by atoms with van der Waals surface area (Å²) in [7, 11) is 0. The fourth-order valence-electron chi connectivity index (χ4n) is 2.80. The van der Waals surface area contributed by atoms with Crippen LogP contribution in [0.5, 0.6) is 0 Å². The third-order valence-electron chi connectivity index (χ3n) is 4.11. The molecule has 0 unspecified atom stereocenters. The smallest absolute Gasteiger partial charge is 0.319 e. The average molecular weight is 372 g/mol. The zero-order valence-electron chi connectivity index (χ0n) is 13.1. The van der Waals surface area contributed by atoms with Gasteiger partial charge in [-0.25, -0.2) is 4.79 Å². The number of rotatable bonds is 3. The molecule has 3 rings (SSSR count). The van der Waals surface area contributed by atoms with Crippen molar-refractivity contribution >= 4 is 38.6 Å². The quantitative estimate of drug-likeness (QED) is 0.692. The monoisotopic (exact) mass is 371 g/mol. The summed E-state index contributed by atoms with van der Waals surface area (Å²) < 4.78 is 1.01. The predicted octanol–water partition coefficient (Wildman–Crippen LogP) is 4.63. The first-order valence-electron chi connectivity index (χ1n) is 7.36. The van der Waals surface area contributed by atoms with Crippen molar-refractivity contribution in [3.63, 3.8) is 0 Å². The summed E-state index contributed by atoms with van der Waals surface area (Å²) in [4.78, 5) is 17.0. The number of aromatic amines is 1. The molecule has 0 aliphatic rings. The van der Waals surface area contributed by atoms with Gasteiger partial charge < -0.3 is 10.7 Å². The number of nitrogens with one attached hydrogen (secondary N) is 1. The first-order valence-corrected chi connectivity index (χ1v) is 8.16. The minimum Gasteiger partial charge on any atom is -0.358 e. The molecular formula is C18H18BrN3O. The second-order valence-electron chi connectivity index (χ2n) is 5.63. The van der Waals surface area contributed by atoms with Gasteiger partial charge in [0.05, 0.1) is 12.2 Å². The van der Waals surface area contributed by atoms with E-state index in [1.165, 1.54) is 0 Å². The third-order valence-corrected chi connectivity index (χ3v) is 4.64. The fraction of sp³-hybridized carbons (Fsp3) is 0.167. The molecule has 2 aromatic carbocycles. The van der Waals surface area contributed by atoms with Gasteiger partial charge in [-0.2, -0.15) is 0 Å². The lowest BCUT2D eigenvalue weighted by molar-refractivity contribution is 0.253. The second-order valence-corrected chi connectivity index (χ2v) is 6.54. The van der Waals surface area contributed by atoms with Gasteiger partial charge >= 0.3 is 6.03 Å². The molecule has 0 aliphatic carbocycles. The maximum Gasteiger partial charge on any atom is 0.319 e. The Hall–Kier alpha value is -2.27. The minimum absolute atomic E-state index is 0.436. The molecule has 5 heteroatoms. The van der Waals surface area contributed by atoms with E-state index in [4.69, 9.17) is 5.73 Å². The zero-order valence-corrected chi connectivity index (χ0v) is 14.6. The Bertz CT molecular complexity index is 868. The van der Waals surface area contributed by atoms with Crippen LogP contribution in [0.2, 0.25) is 0 Å². The number of H-pyrrole nitrogens is 1. The van der Waals surface area contributed by atoms with Crippen LogP contribution in [0.15, 0.2) is 46.9 Å². The van der Waals surface area contributed by atoms with Gasteiger partial charge in [-0.3, -0.25) is 4.90 Å². The molecule has 0 saturated carbocycles. The largest absolute Gasteiger partial charge is 0.358 e. The van der Waals surface area contributed by atoms with Crippen LogP contribution in [0.4, 0.5) is 10.5 Å². The molecule has 3 N–H and O–H groups in total. The Kier molecular flexibility index (Phi) is 4.13. The third kappa shape index (κ3) is 2.97. The van der Waals surface area contributed by atoms with Crippen molar-refractivity contribution in [3.8, 4) is 0 Å². The Balaban J connectivity index is 2.08. The van der Waals surface area contributed by atoms with Crippen molar-refractivity contribution in [1.82, 2.24) is 4.98 Å². The van der Waals surface area contributed by atoms with Gasteiger partial charge in [-0.1, -0.05) is 34.1 Å². The van der Waals surface area contributed by atoms with Crippen molar-refractivity contribution in [1.29, 1.82) is 0 Å². The van der Waals surface area contributed by atoms with E-state index in [2.05, 4.69) is 27.8 Å².